The molecular weight excluding hydrogens is 580 g/mol. The van der Waals surface area contributed by atoms with Crippen LogP contribution in [0.15, 0.2) is 163 Å². The van der Waals surface area contributed by atoms with Crippen LogP contribution < -0.4 is 10.9 Å². The van der Waals surface area contributed by atoms with Crippen molar-refractivity contribution in [3.63, 3.8) is 0 Å². The Hall–Kier alpha value is -6.34. The quantitative estimate of drug-likeness (QED) is 0.136. The minimum absolute atomic E-state index is 0.266. The second-order valence-electron chi connectivity index (χ2n) is 11.5. The summed E-state index contributed by atoms with van der Waals surface area (Å²) in [4.78, 5) is 22.3. The highest BCUT2D eigenvalue weighted by molar-refractivity contribution is 6.41. The third-order valence-corrected chi connectivity index (χ3v) is 8.70. The average Bonchev–Trinajstić information content (AvgIpc) is 3.74. The number of rotatable bonds is 8. The molecule has 8 rings (SSSR count). The number of fused-ring (bicyclic) bond motifs is 2. The first-order chi connectivity index (χ1) is 23.2. The van der Waals surface area contributed by atoms with Gasteiger partial charge in [-0.3, -0.25) is 20.6 Å². The van der Waals surface area contributed by atoms with Crippen LogP contribution in [0.25, 0.3) is 22.2 Å². The number of hydrogen-bond acceptors (Lipinski definition) is 5. The van der Waals surface area contributed by atoms with E-state index in [2.05, 4.69) is 105 Å². The lowest BCUT2D eigenvalue weighted by atomic mass is 9.77. The van der Waals surface area contributed by atoms with Crippen molar-refractivity contribution in [2.75, 3.05) is 5.43 Å². The lowest BCUT2D eigenvalue weighted by Crippen LogP contribution is -2.38. The topological polar surface area (TPSA) is 84.2 Å². The molecule has 7 aromatic rings. The minimum atomic E-state index is -0.819. The maximum absolute atomic E-state index is 13.3. The molecule has 1 aliphatic rings. The van der Waals surface area contributed by atoms with Gasteiger partial charge in [-0.2, -0.15) is 5.10 Å². The maximum Gasteiger partial charge on any atom is 0.284 e. The van der Waals surface area contributed by atoms with Crippen LogP contribution in [0.3, 0.4) is 0 Å². The highest BCUT2D eigenvalue weighted by Crippen LogP contribution is 2.45. The zero-order valence-corrected chi connectivity index (χ0v) is 25.4. The highest BCUT2D eigenvalue weighted by atomic mass is 16.2. The van der Waals surface area contributed by atoms with Crippen molar-refractivity contribution in [2.24, 2.45) is 4.99 Å². The van der Waals surface area contributed by atoms with Crippen molar-refractivity contribution in [1.82, 2.24) is 20.2 Å². The summed E-state index contributed by atoms with van der Waals surface area (Å²) in [5, 5.41) is 6.41. The zero-order chi connectivity index (χ0) is 31.6. The number of para-hydroxylation sites is 1. The molecule has 0 atom stereocenters. The molecule has 3 heterocycles. The Labute approximate surface area is 272 Å². The fraction of sp³-hybridized carbons (Fsp3) is 0.0500. The van der Waals surface area contributed by atoms with Crippen LogP contribution in [0.1, 0.15) is 22.3 Å². The van der Waals surface area contributed by atoms with Crippen LogP contribution in [0, 0.1) is 0 Å². The SMILES string of the molecule is O=C(NNc1ccccc1)C1=Nc2cc3c(-c4ccncc4)nn(C(c4ccccc4)(c4ccccc4)c4ccccc4)c3cc2C1. The molecule has 7 nitrogen and oxygen atoms in total. The standard InChI is InChI=1S/C40H30N6O/c47-39(44-43-33-19-11-4-12-20-33)36-25-29-26-37-34(27-35(29)42-36)38(28-21-23-41-24-22-28)45-46(37)40(30-13-5-1-6-14-30,31-15-7-2-8-16-31)32-17-9-3-10-18-32/h1-24,26-27,43H,25H2,(H,44,47). The van der Waals surface area contributed by atoms with Crippen molar-refractivity contribution < 1.29 is 4.79 Å². The number of aromatic nitrogens is 3. The van der Waals surface area contributed by atoms with Gasteiger partial charge in [0.1, 0.15) is 16.9 Å². The molecule has 2 aromatic heterocycles. The number of carbonyl (C=O) groups is 1. The molecule has 0 fully saturated rings. The van der Waals surface area contributed by atoms with Gasteiger partial charge in [-0.25, -0.2) is 9.67 Å². The summed E-state index contributed by atoms with van der Waals surface area (Å²) < 4.78 is 2.16. The van der Waals surface area contributed by atoms with Crippen LogP contribution in [0.4, 0.5) is 11.4 Å². The van der Waals surface area contributed by atoms with Crippen molar-refractivity contribution >= 4 is 33.9 Å². The van der Waals surface area contributed by atoms with E-state index in [0.717, 1.165) is 55.8 Å². The van der Waals surface area contributed by atoms with E-state index in [4.69, 9.17) is 10.1 Å². The minimum Gasteiger partial charge on any atom is -0.298 e. The Morgan fingerprint density at radius 3 is 1.81 bits per heavy atom. The Balaban J connectivity index is 1.34. The number of hydrazine groups is 1. The van der Waals surface area contributed by atoms with E-state index < -0.39 is 5.54 Å². The van der Waals surface area contributed by atoms with E-state index in [1.54, 1.807) is 12.4 Å². The van der Waals surface area contributed by atoms with Crippen LogP contribution in [0.5, 0.6) is 0 Å². The molecular formula is C40H30N6O. The Bertz CT molecular complexity index is 2120. The number of carbonyl (C=O) groups excluding carboxylic acids is 1. The smallest absolute Gasteiger partial charge is 0.284 e. The second-order valence-corrected chi connectivity index (χ2v) is 11.5. The number of benzene rings is 5. The lowest BCUT2D eigenvalue weighted by Gasteiger charge is -2.37. The number of pyridine rings is 1. The Kier molecular flexibility index (Phi) is 7.11. The summed E-state index contributed by atoms with van der Waals surface area (Å²) in [7, 11) is 0. The first-order valence-electron chi connectivity index (χ1n) is 15.5. The molecule has 0 aliphatic carbocycles. The van der Waals surface area contributed by atoms with Gasteiger partial charge in [0, 0.05) is 29.8 Å². The molecule has 47 heavy (non-hydrogen) atoms. The molecule has 2 N–H and O–H groups in total. The van der Waals surface area contributed by atoms with Crippen molar-refractivity contribution in [3.8, 4) is 11.3 Å². The molecule has 1 amide bonds. The van der Waals surface area contributed by atoms with E-state index in [9.17, 15) is 4.79 Å². The molecule has 0 bridgehead atoms. The predicted molar refractivity (Wildman–Crippen MR) is 187 cm³/mol. The molecule has 0 radical (unpaired) electrons. The maximum atomic E-state index is 13.3. The van der Waals surface area contributed by atoms with Crippen molar-refractivity contribution in [1.29, 1.82) is 0 Å². The van der Waals surface area contributed by atoms with Gasteiger partial charge in [-0.1, -0.05) is 109 Å². The van der Waals surface area contributed by atoms with E-state index in [0.29, 0.717) is 12.1 Å². The molecule has 0 saturated carbocycles. The van der Waals surface area contributed by atoms with Gasteiger partial charge >= 0.3 is 0 Å². The Morgan fingerprint density at radius 1 is 0.681 bits per heavy atom. The molecule has 1 aliphatic heterocycles. The fourth-order valence-electron chi connectivity index (χ4n) is 6.54. The van der Waals surface area contributed by atoms with Gasteiger partial charge in [0.15, 0.2) is 0 Å². The first-order valence-corrected chi connectivity index (χ1v) is 15.5. The lowest BCUT2D eigenvalue weighted by molar-refractivity contribution is -0.114. The third kappa shape index (κ3) is 4.94. The summed E-state index contributed by atoms with van der Waals surface area (Å²) >= 11 is 0. The Morgan fingerprint density at radius 2 is 1.23 bits per heavy atom. The monoisotopic (exact) mass is 610 g/mol. The molecule has 226 valence electrons. The summed E-state index contributed by atoms with van der Waals surface area (Å²) in [5.74, 6) is -0.266. The normalized spacial score (nSPS) is 12.4. The molecule has 0 unspecified atom stereocenters. The van der Waals surface area contributed by atoms with Gasteiger partial charge in [0.25, 0.3) is 5.91 Å². The van der Waals surface area contributed by atoms with Crippen LogP contribution in [-0.4, -0.2) is 26.4 Å². The van der Waals surface area contributed by atoms with E-state index in [1.807, 2.05) is 60.7 Å². The molecule has 0 saturated heterocycles. The van der Waals surface area contributed by atoms with Gasteiger partial charge in [-0.05, 0) is 58.7 Å². The number of amides is 1. The number of nitrogens with zero attached hydrogens (tertiary/aromatic N) is 4. The van der Waals surface area contributed by atoms with Crippen LogP contribution in [0.2, 0.25) is 0 Å². The molecule has 0 spiro atoms. The van der Waals surface area contributed by atoms with Crippen molar-refractivity contribution in [2.45, 2.75) is 12.0 Å². The van der Waals surface area contributed by atoms with Gasteiger partial charge in [-0.15, -0.1) is 0 Å². The average molecular weight is 611 g/mol. The number of hydrogen-bond donors (Lipinski definition) is 2. The van der Waals surface area contributed by atoms with E-state index >= 15 is 0 Å². The largest absolute Gasteiger partial charge is 0.298 e. The third-order valence-electron chi connectivity index (χ3n) is 8.70. The van der Waals surface area contributed by atoms with Gasteiger partial charge in [0.05, 0.1) is 16.9 Å². The summed E-state index contributed by atoms with van der Waals surface area (Å²) in [6.45, 7) is 0. The van der Waals surface area contributed by atoms with Crippen LogP contribution in [-0.2, 0) is 16.8 Å². The number of aliphatic imine (C=N–C) groups is 1. The summed E-state index contributed by atoms with van der Waals surface area (Å²) in [6.07, 6.45) is 3.97. The van der Waals surface area contributed by atoms with Crippen molar-refractivity contribution in [3.05, 3.63) is 180 Å². The number of nitrogens with one attached hydrogen (secondary N) is 2. The van der Waals surface area contributed by atoms with E-state index in [1.165, 1.54) is 0 Å². The van der Waals surface area contributed by atoms with Gasteiger partial charge < -0.3 is 0 Å². The fourth-order valence-corrected chi connectivity index (χ4v) is 6.54. The summed E-state index contributed by atoms with van der Waals surface area (Å²) in [6, 6.07) is 49.3. The zero-order valence-electron chi connectivity index (χ0n) is 25.4. The molecule has 7 heteroatoms. The first kappa shape index (κ1) is 28.2. The second kappa shape index (κ2) is 11.9. The van der Waals surface area contributed by atoms with Gasteiger partial charge in [0.2, 0.25) is 0 Å². The summed E-state index contributed by atoms with van der Waals surface area (Å²) in [5.41, 5.74) is 13.9. The predicted octanol–water partition coefficient (Wildman–Crippen LogP) is 7.71. The molecule has 5 aromatic carbocycles. The van der Waals surface area contributed by atoms with Crippen LogP contribution >= 0.6 is 0 Å². The number of anilines is 1. The van der Waals surface area contributed by atoms with E-state index in [-0.39, 0.29) is 5.91 Å². The highest BCUT2D eigenvalue weighted by Gasteiger charge is 2.41.